The van der Waals surface area contributed by atoms with E-state index in [1.54, 1.807) is 7.11 Å². The lowest BCUT2D eigenvalue weighted by Crippen LogP contribution is -2.08. The van der Waals surface area contributed by atoms with Crippen molar-refractivity contribution in [3.8, 4) is 0 Å². The molecule has 0 unspecified atom stereocenters. The molecule has 0 atom stereocenters. The van der Waals surface area contributed by atoms with Crippen molar-refractivity contribution >= 4 is 28.6 Å². The highest BCUT2D eigenvalue weighted by Crippen LogP contribution is 2.25. The number of hydrogen-bond donors (Lipinski definition) is 0. The highest BCUT2D eigenvalue weighted by atomic mass is 32.2. The molecule has 0 saturated heterocycles. The zero-order valence-electron chi connectivity index (χ0n) is 14.7. The third-order valence-corrected chi connectivity index (χ3v) is 5.03. The van der Waals surface area contributed by atoms with Crippen LogP contribution in [-0.4, -0.2) is 34.8 Å². The number of Topliss-reactive ketones (excluding diaryl/α,β-unsaturated/α-hetero) is 1. The van der Waals surface area contributed by atoms with E-state index in [2.05, 4.69) is 9.55 Å². The van der Waals surface area contributed by atoms with E-state index in [0.717, 1.165) is 41.0 Å². The second-order valence-electron chi connectivity index (χ2n) is 5.94. The first kappa shape index (κ1) is 17.8. The van der Waals surface area contributed by atoms with Crippen LogP contribution in [0.1, 0.15) is 28.2 Å². The number of carbonyl (C=O) groups excluding carboxylic acids is 1. The minimum Gasteiger partial charge on any atom is -0.431 e. The van der Waals surface area contributed by atoms with E-state index in [1.165, 1.54) is 11.8 Å². The first-order valence-electron chi connectivity index (χ1n) is 8.27. The average Bonchev–Trinajstić information content (AvgIpc) is 3.15. The van der Waals surface area contributed by atoms with E-state index in [0.29, 0.717) is 17.6 Å². The fraction of sp³-hybridized carbons (Fsp3) is 0.368. The van der Waals surface area contributed by atoms with Crippen molar-refractivity contribution in [3.05, 3.63) is 47.3 Å². The molecule has 0 spiro atoms. The molecule has 3 aromatic rings. The van der Waals surface area contributed by atoms with Crippen molar-refractivity contribution in [2.45, 2.75) is 32.0 Å². The van der Waals surface area contributed by atoms with Crippen molar-refractivity contribution in [2.24, 2.45) is 0 Å². The minimum absolute atomic E-state index is 0.0957. The molecule has 3 rings (SSSR count). The highest BCUT2D eigenvalue weighted by molar-refractivity contribution is 7.99. The van der Waals surface area contributed by atoms with Crippen LogP contribution in [0.5, 0.6) is 0 Å². The molecule has 0 N–H and O–H groups in total. The largest absolute Gasteiger partial charge is 0.431 e. The smallest absolute Gasteiger partial charge is 0.257 e. The number of aromatic nitrogens is 2. The quantitative estimate of drug-likeness (QED) is 0.342. The zero-order chi connectivity index (χ0) is 17.8. The summed E-state index contributed by atoms with van der Waals surface area (Å²) in [5.74, 6) is 0.410. The molecule has 132 valence electrons. The van der Waals surface area contributed by atoms with E-state index >= 15 is 0 Å². The van der Waals surface area contributed by atoms with Crippen LogP contribution in [0, 0.1) is 13.8 Å². The first-order chi connectivity index (χ1) is 12.1. The molecule has 5 nitrogen and oxygen atoms in total. The zero-order valence-corrected chi connectivity index (χ0v) is 15.6. The molecular formula is C19H22N2O3S. The Balaban J connectivity index is 1.67. The molecule has 25 heavy (non-hydrogen) atoms. The van der Waals surface area contributed by atoms with E-state index in [1.807, 2.05) is 44.2 Å². The molecule has 0 fully saturated rings. The van der Waals surface area contributed by atoms with Gasteiger partial charge in [-0.1, -0.05) is 23.9 Å². The molecule has 0 aliphatic carbocycles. The van der Waals surface area contributed by atoms with Crippen LogP contribution in [0.2, 0.25) is 0 Å². The average molecular weight is 358 g/mol. The Kier molecular flexibility index (Phi) is 5.60. The minimum atomic E-state index is 0.0957. The second kappa shape index (κ2) is 7.89. The number of aryl methyl sites for hydroxylation is 1. The van der Waals surface area contributed by atoms with Crippen LogP contribution in [0.25, 0.3) is 11.1 Å². The van der Waals surface area contributed by atoms with Crippen LogP contribution in [0.4, 0.5) is 0 Å². The maximum absolute atomic E-state index is 12.6. The monoisotopic (exact) mass is 358 g/mol. The van der Waals surface area contributed by atoms with E-state index in [9.17, 15) is 4.79 Å². The van der Waals surface area contributed by atoms with Crippen LogP contribution in [0.15, 0.2) is 40.0 Å². The molecule has 6 heteroatoms. The van der Waals surface area contributed by atoms with E-state index in [-0.39, 0.29) is 5.78 Å². The molecule has 0 aliphatic heterocycles. The van der Waals surface area contributed by atoms with Gasteiger partial charge in [0.05, 0.1) is 5.75 Å². The van der Waals surface area contributed by atoms with Gasteiger partial charge in [-0.05, 0) is 38.5 Å². The number of para-hydroxylation sites is 2. The third-order valence-electron chi connectivity index (χ3n) is 4.21. The number of methoxy groups -OCH3 is 1. The fourth-order valence-electron chi connectivity index (χ4n) is 2.91. The van der Waals surface area contributed by atoms with Gasteiger partial charge in [-0.15, -0.1) is 0 Å². The first-order valence-corrected chi connectivity index (χ1v) is 9.26. The van der Waals surface area contributed by atoms with Crippen molar-refractivity contribution in [3.63, 3.8) is 0 Å². The summed E-state index contributed by atoms with van der Waals surface area (Å²) in [6.07, 6.45) is 0.929. The Hall–Kier alpha value is -2.05. The summed E-state index contributed by atoms with van der Waals surface area (Å²) < 4.78 is 12.9. The Labute approximate surface area is 151 Å². The van der Waals surface area contributed by atoms with Crippen molar-refractivity contribution in [1.29, 1.82) is 0 Å². The van der Waals surface area contributed by atoms with Gasteiger partial charge in [-0.25, -0.2) is 4.98 Å². The predicted molar refractivity (Wildman–Crippen MR) is 99.5 cm³/mol. The standard InChI is InChI=1S/C19H22N2O3S/c1-13-11-15(14(2)21(13)9-6-10-23-3)17(22)12-25-19-20-16-7-4-5-8-18(16)24-19/h4-5,7-8,11H,6,9-10,12H2,1-3H3. The molecular weight excluding hydrogens is 336 g/mol. The van der Waals surface area contributed by atoms with E-state index in [4.69, 9.17) is 9.15 Å². The van der Waals surface area contributed by atoms with Crippen LogP contribution >= 0.6 is 11.8 Å². The summed E-state index contributed by atoms with van der Waals surface area (Å²) in [5.41, 5.74) is 4.45. The van der Waals surface area contributed by atoms with Crippen LogP contribution < -0.4 is 0 Å². The molecule has 0 bridgehead atoms. The van der Waals surface area contributed by atoms with Crippen LogP contribution in [-0.2, 0) is 11.3 Å². The highest BCUT2D eigenvalue weighted by Gasteiger charge is 2.17. The Bertz CT molecular complexity index is 849. The SMILES string of the molecule is COCCCn1c(C)cc(C(=O)CSc2nc3ccccc3o2)c1C. The number of nitrogens with zero attached hydrogens (tertiary/aromatic N) is 2. The number of carbonyl (C=O) groups is 1. The summed E-state index contributed by atoms with van der Waals surface area (Å²) in [6.45, 7) is 5.60. The number of fused-ring (bicyclic) bond motifs is 1. The third kappa shape index (κ3) is 3.96. The van der Waals surface area contributed by atoms with E-state index < -0.39 is 0 Å². The maximum Gasteiger partial charge on any atom is 0.257 e. The maximum atomic E-state index is 12.6. The molecule has 0 aliphatic rings. The number of ketones is 1. The van der Waals surface area contributed by atoms with Gasteiger partial charge in [-0.3, -0.25) is 4.79 Å². The van der Waals surface area contributed by atoms with Gasteiger partial charge in [0, 0.05) is 37.2 Å². The normalized spacial score (nSPS) is 11.3. The van der Waals surface area contributed by atoms with Crippen molar-refractivity contribution in [1.82, 2.24) is 9.55 Å². The number of thioether (sulfide) groups is 1. The second-order valence-corrected chi connectivity index (χ2v) is 6.87. The Morgan fingerprint density at radius 2 is 2.12 bits per heavy atom. The van der Waals surface area contributed by atoms with Gasteiger partial charge in [0.2, 0.25) is 0 Å². The number of hydrogen-bond acceptors (Lipinski definition) is 5. The van der Waals surface area contributed by atoms with Gasteiger partial charge >= 0.3 is 0 Å². The van der Waals surface area contributed by atoms with Crippen molar-refractivity contribution in [2.75, 3.05) is 19.5 Å². The lowest BCUT2D eigenvalue weighted by Gasteiger charge is -2.09. The van der Waals surface area contributed by atoms with Gasteiger partial charge in [0.15, 0.2) is 11.4 Å². The number of ether oxygens (including phenoxy) is 1. The summed E-state index contributed by atoms with van der Waals surface area (Å²) in [7, 11) is 1.70. The molecule has 0 amide bonds. The molecule has 2 heterocycles. The predicted octanol–water partition coefficient (Wildman–Crippen LogP) is 4.26. The summed E-state index contributed by atoms with van der Waals surface area (Å²) in [6, 6.07) is 9.58. The fourth-order valence-corrected chi connectivity index (χ4v) is 3.63. The number of oxazole rings is 1. The van der Waals surface area contributed by atoms with Crippen molar-refractivity contribution < 1.29 is 13.9 Å². The number of rotatable bonds is 8. The van der Waals surface area contributed by atoms with Gasteiger partial charge in [0.1, 0.15) is 5.52 Å². The summed E-state index contributed by atoms with van der Waals surface area (Å²) >= 11 is 1.34. The molecule has 2 aromatic heterocycles. The Morgan fingerprint density at radius 1 is 1.32 bits per heavy atom. The molecule has 0 saturated carbocycles. The Morgan fingerprint density at radius 3 is 2.88 bits per heavy atom. The molecule has 0 radical (unpaired) electrons. The van der Waals surface area contributed by atoms with Crippen LogP contribution in [0.3, 0.4) is 0 Å². The summed E-state index contributed by atoms with van der Waals surface area (Å²) in [5, 5.41) is 0.531. The lowest BCUT2D eigenvalue weighted by atomic mass is 10.2. The molecule has 1 aromatic carbocycles. The lowest BCUT2D eigenvalue weighted by molar-refractivity contribution is 0.102. The van der Waals surface area contributed by atoms with Gasteiger partial charge in [0.25, 0.3) is 5.22 Å². The number of benzene rings is 1. The van der Waals surface area contributed by atoms with Gasteiger partial charge in [-0.2, -0.15) is 0 Å². The summed E-state index contributed by atoms with van der Waals surface area (Å²) in [4.78, 5) is 17.0. The topological polar surface area (TPSA) is 57.3 Å². The van der Waals surface area contributed by atoms with Gasteiger partial charge < -0.3 is 13.7 Å².